The van der Waals surface area contributed by atoms with Gasteiger partial charge in [0.2, 0.25) is 0 Å². The van der Waals surface area contributed by atoms with E-state index in [2.05, 4.69) is 4.99 Å². The Kier molecular flexibility index (Phi) is 2.04. The Morgan fingerprint density at radius 2 is 2.33 bits per heavy atom. The van der Waals surface area contributed by atoms with E-state index in [1.54, 1.807) is 0 Å². The summed E-state index contributed by atoms with van der Waals surface area (Å²) in [7, 11) is 0. The Morgan fingerprint density at radius 3 is 2.33 bits per heavy atom. The number of nitrogens with two attached hydrogens (primary N) is 2. The van der Waals surface area contributed by atoms with Gasteiger partial charge >= 0.3 is 0 Å². The van der Waals surface area contributed by atoms with Gasteiger partial charge in [0, 0.05) is 11.1 Å². The summed E-state index contributed by atoms with van der Waals surface area (Å²) in [5.74, 6) is -0.412. The maximum atomic E-state index is 6.45. The molecule has 0 fully saturated rings. The first-order chi connectivity index (χ1) is 3.42. The molecule has 0 aromatic carbocycles. The van der Waals surface area contributed by atoms with Gasteiger partial charge in [0.1, 0.15) is 0 Å². The molecule has 0 aliphatic rings. The van der Waals surface area contributed by atoms with Crippen molar-refractivity contribution in [3.05, 3.63) is 0 Å². The molecule has 0 radical (unpaired) electrons. The average Bonchev–Trinajstić information content (AvgIpc) is 1.21. The Balaban J connectivity index is 0. The number of guanidine groups is 1. The van der Waals surface area contributed by atoms with Crippen molar-refractivity contribution in [2.75, 3.05) is 6.98 Å². The Hall–Kier alpha value is -0.440. The Bertz CT molecular complexity index is 104. The summed E-state index contributed by atoms with van der Waals surface area (Å²) >= 11 is 0. The first-order valence-corrected chi connectivity index (χ1v) is 1.02. The minimum atomic E-state index is -2.39. The second kappa shape index (κ2) is 4.56. The van der Waals surface area contributed by atoms with Gasteiger partial charge in [0.05, 0.1) is 0 Å². The minimum Gasteiger partial charge on any atom is -0.370 e. The van der Waals surface area contributed by atoms with E-state index >= 15 is 0 Å². The Morgan fingerprint density at radius 1 is 1.83 bits per heavy atom. The lowest BCUT2D eigenvalue weighted by Crippen LogP contribution is -2.21. The molecule has 0 spiro atoms. The molecule has 0 rings (SSSR count). The highest BCUT2D eigenvalue weighted by atomic mass is 35.5. The van der Waals surface area contributed by atoms with Crippen LogP contribution in [0.15, 0.2) is 4.99 Å². The van der Waals surface area contributed by atoms with Crippen molar-refractivity contribution in [2.45, 2.75) is 0 Å². The van der Waals surface area contributed by atoms with E-state index in [0.29, 0.717) is 0 Å². The zero-order valence-electron chi connectivity index (χ0n) is 6.01. The van der Waals surface area contributed by atoms with Crippen LogP contribution in [-0.2, 0) is 0 Å². The molecular formula is C2H8ClN3. The first-order valence-electron chi connectivity index (χ1n) is 2.52. The van der Waals surface area contributed by atoms with Gasteiger partial charge in [-0.1, -0.05) is 0 Å². The van der Waals surface area contributed by atoms with E-state index in [-0.39, 0.29) is 12.4 Å². The van der Waals surface area contributed by atoms with Gasteiger partial charge in [-0.25, -0.2) is 0 Å². The lowest BCUT2D eigenvalue weighted by molar-refractivity contribution is 1.36. The van der Waals surface area contributed by atoms with Crippen LogP contribution in [0.3, 0.4) is 0 Å². The molecule has 0 amide bonds. The van der Waals surface area contributed by atoms with E-state index in [9.17, 15) is 0 Å². The van der Waals surface area contributed by atoms with Crippen molar-refractivity contribution in [3.8, 4) is 0 Å². The number of hydrogen-bond donors (Lipinski definition) is 2. The van der Waals surface area contributed by atoms with Gasteiger partial charge in [-0.2, -0.15) is 0 Å². The van der Waals surface area contributed by atoms with Crippen molar-refractivity contribution in [1.82, 2.24) is 0 Å². The van der Waals surface area contributed by atoms with Crippen LogP contribution in [0.1, 0.15) is 4.11 Å². The molecule has 0 aromatic heterocycles. The minimum absolute atomic E-state index is 0. The van der Waals surface area contributed by atoms with Crippen molar-refractivity contribution in [1.29, 1.82) is 0 Å². The van der Waals surface area contributed by atoms with Crippen LogP contribution in [0.4, 0.5) is 0 Å². The maximum Gasteiger partial charge on any atom is 0.185 e. The highest BCUT2D eigenvalue weighted by molar-refractivity contribution is 5.85. The maximum absolute atomic E-state index is 6.45. The second-order valence-corrected chi connectivity index (χ2v) is 0.537. The fraction of sp³-hybridized carbons (Fsp3) is 0.500. The van der Waals surface area contributed by atoms with Gasteiger partial charge in [0.25, 0.3) is 0 Å². The smallest absolute Gasteiger partial charge is 0.185 e. The summed E-state index contributed by atoms with van der Waals surface area (Å²) in [5, 5.41) is 0. The van der Waals surface area contributed by atoms with Crippen LogP contribution in [-0.4, -0.2) is 12.9 Å². The summed E-state index contributed by atoms with van der Waals surface area (Å²) < 4.78 is 19.3. The molecule has 3 nitrogen and oxygen atoms in total. The van der Waals surface area contributed by atoms with Crippen LogP contribution in [0.25, 0.3) is 0 Å². The van der Waals surface area contributed by atoms with Crippen LogP contribution in [0.5, 0.6) is 0 Å². The van der Waals surface area contributed by atoms with Gasteiger partial charge in [0.15, 0.2) is 5.96 Å². The largest absolute Gasteiger partial charge is 0.370 e. The van der Waals surface area contributed by atoms with E-state index in [1.807, 2.05) is 0 Å². The summed E-state index contributed by atoms with van der Waals surface area (Å²) in [6.45, 7) is -2.39. The molecule has 6 heavy (non-hydrogen) atoms. The second-order valence-electron chi connectivity index (χ2n) is 0.537. The molecule has 0 aromatic rings. The molecule has 0 saturated heterocycles. The van der Waals surface area contributed by atoms with Crippen molar-refractivity contribution < 1.29 is 4.11 Å². The molecule has 0 bridgehead atoms. The van der Waals surface area contributed by atoms with Crippen LogP contribution in [0, 0.1) is 0 Å². The van der Waals surface area contributed by atoms with Crippen LogP contribution in [0.2, 0.25) is 0 Å². The van der Waals surface area contributed by atoms with Gasteiger partial charge in [-0.3, -0.25) is 4.99 Å². The highest BCUT2D eigenvalue weighted by Gasteiger charge is 1.61. The monoisotopic (exact) mass is 112 g/mol. The third-order valence-corrected chi connectivity index (χ3v) is 0.129. The fourth-order valence-electron chi connectivity index (χ4n) is 0. The zero-order valence-corrected chi connectivity index (χ0v) is 3.83. The normalized spacial score (nSPS) is 15.0. The van der Waals surface area contributed by atoms with Crippen molar-refractivity contribution in [2.24, 2.45) is 16.5 Å². The molecule has 0 aliphatic carbocycles. The molecule has 4 heteroatoms. The molecule has 0 aliphatic heterocycles. The molecule has 0 atom stereocenters. The summed E-state index contributed by atoms with van der Waals surface area (Å²) in [5.41, 5.74) is 9.49. The lowest BCUT2D eigenvalue weighted by atomic mass is 11.1. The molecule has 38 valence electrons. The molecule has 0 unspecified atom stereocenters. The van der Waals surface area contributed by atoms with Gasteiger partial charge in [-0.15, -0.1) is 12.4 Å². The van der Waals surface area contributed by atoms with Crippen molar-refractivity contribution in [3.63, 3.8) is 0 Å². The third-order valence-electron chi connectivity index (χ3n) is 0.129. The predicted molar refractivity (Wildman–Crippen MR) is 29.0 cm³/mol. The van der Waals surface area contributed by atoms with Gasteiger partial charge in [-0.05, 0) is 0 Å². The number of aliphatic imine (C=N–C) groups is 1. The number of halogens is 1. The summed E-state index contributed by atoms with van der Waals surface area (Å²) in [4.78, 5) is 2.88. The quantitative estimate of drug-likeness (QED) is 0.322. The first kappa shape index (κ1) is 2.69. The third kappa shape index (κ3) is 9.59. The fourth-order valence-corrected chi connectivity index (χ4v) is 0. The molecule has 0 saturated carbocycles. The highest BCUT2D eigenvalue weighted by Crippen LogP contribution is 1.40. The van der Waals surface area contributed by atoms with E-state index < -0.39 is 12.9 Å². The summed E-state index contributed by atoms with van der Waals surface area (Å²) in [6.07, 6.45) is 0. The topological polar surface area (TPSA) is 64.4 Å². The summed E-state index contributed by atoms with van der Waals surface area (Å²) in [6, 6.07) is 0. The lowest BCUT2D eigenvalue weighted by Gasteiger charge is -1.77. The van der Waals surface area contributed by atoms with Gasteiger partial charge < -0.3 is 11.5 Å². The number of nitrogens with zero attached hydrogens (tertiary/aromatic N) is 1. The molecular weight excluding hydrogens is 101 g/mol. The number of hydrogen-bond acceptors (Lipinski definition) is 1. The molecule has 0 heterocycles. The van der Waals surface area contributed by atoms with E-state index in [4.69, 9.17) is 15.6 Å². The predicted octanol–water partition coefficient (Wildman–Crippen LogP) is -0.689. The number of rotatable bonds is 0. The van der Waals surface area contributed by atoms with Crippen molar-refractivity contribution >= 4 is 18.4 Å². The van der Waals surface area contributed by atoms with E-state index in [0.717, 1.165) is 0 Å². The van der Waals surface area contributed by atoms with E-state index in [1.165, 1.54) is 0 Å². The zero-order chi connectivity index (χ0) is 6.78. The van der Waals surface area contributed by atoms with Crippen LogP contribution >= 0.6 is 12.4 Å². The molecule has 4 N–H and O–H groups in total. The average molecular weight is 113 g/mol. The Labute approximate surface area is 47.0 Å². The standard InChI is InChI=1S/C2H7N3.ClH/c1-5-2(3)4;/h1H3,(H4,3,4,5);1H/i1D3;. The SMILES string of the molecule is Cl.[2H]C([2H])([2H])N=C(N)N. The van der Waals surface area contributed by atoms with Crippen LogP contribution < -0.4 is 11.5 Å².